The molecule has 0 spiro atoms. The van der Waals surface area contributed by atoms with Gasteiger partial charge in [-0.05, 0) is 56.2 Å². The topological polar surface area (TPSA) is 38.3 Å². The Morgan fingerprint density at radius 3 is 2.55 bits per heavy atom. The van der Waals surface area contributed by atoms with Gasteiger partial charge in [-0.15, -0.1) is 0 Å². The van der Waals surface area contributed by atoms with E-state index >= 15 is 0 Å². The first-order valence-electron chi connectivity index (χ1n) is 6.86. The molecule has 0 aliphatic rings. The molecule has 2 rings (SSSR count). The van der Waals surface area contributed by atoms with Gasteiger partial charge in [0.15, 0.2) is 6.10 Å². The number of benzene rings is 2. The van der Waals surface area contributed by atoms with Crippen LogP contribution in [0, 0.1) is 13.8 Å². The Bertz CT molecular complexity index is 701. The zero-order chi connectivity index (χ0) is 16.3. The van der Waals surface area contributed by atoms with Gasteiger partial charge in [-0.25, -0.2) is 0 Å². The average molecular weight is 338 g/mol. The second-order valence-electron chi connectivity index (χ2n) is 5.14. The van der Waals surface area contributed by atoms with Crippen LogP contribution in [0.15, 0.2) is 36.4 Å². The van der Waals surface area contributed by atoms with E-state index in [2.05, 4.69) is 5.32 Å². The van der Waals surface area contributed by atoms with Gasteiger partial charge in [-0.1, -0.05) is 35.3 Å². The van der Waals surface area contributed by atoms with Gasteiger partial charge in [0.05, 0.1) is 5.02 Å². The highest BCUT2D eigenvalue weighted by molar-refractivity contribution is 6.35. The molecule has 1 N–H and O–H groups in total. The smallest absolute Gasteiger partial charge is 0.265 e. The quantitative estimate of drug-likeness (QED) is 0.850. The van der Waals surface area contributed by atoms with Crippen molar-refractivity contribution < 1.29 is 9.53 Å². The number of nitrogens with one attached hydrogen (secondary N) is 1. The maximum atomic E-state index is 12.3. The summed E-state index contributed by atoms with van der Waals surface area (Å²) < 4.78 is 5.60. The monoisotopic (exact) mass is 337 g/mol. The number of anilines is 1. The van der Waals surface area contributed by atoms with E-state index in [-0.39, 0.29) is 5.91 Å². The highest BCUT2D eigenvalue weighted by atomic mass is 35.5. The predicted molar refractivity (Wildman–Crippen MR) is 91.1 cm³/mol. The van der Waals surface area contributed by atoms with Crippen LogP contribution in [0.1, 0.15) is 18.1 Å². The number of hydrogen-bond acceptors (Lipinski definition) is 2. The molecule has 0 aliphatic carbocycles. The first kappa shape index (κ1) is 16.7. The third-order valence-corrected chi connectivity index (χ3v) is 3.75. The van der Waals surface area contributed by atoms with Crippen LogP contribution in [0.4, 0.5) is 5.69 Å². The van der Waals surface area contributed by atoms with Crippen molar-refractivity contribution in [3.8, 4) is 5.75 Å². The lowest BCUT2D eigenvalue weighted by atomic mass is 10.1. The van der Waals surface area contributed by atoms with Crippen molar-refractivity contribution in [2.24, 2.45) is 0 Å². The predicted octanol–water partition coefficient (Wildman–Crippen LogP) is 5.02. The molecule has 2 aromatic carbocycles. The number of amides is 1. The lowest BCUT2D eigenvalue weighted by Gasteiger charge is -2.17. The van der Waals surface area contributed by atoms with E-state index in [9.17, 15) is 4.79 Å². The Balaban J connectivity index is 2.07. The van der Waals surface area contributed by atoms with E-state index in [1.807, 2.05) is 32.0 Å². The normalized spacial score (nSPS) is 11.9. The molecule has 2 aromatic rings. The Morgan fingerprint density at radius 1 is 1.14 bits per heavy atom. The molecule has 0 fully saturated rings. The number of halogens is 2. The molecule has 0 heterocycles. The van der Waals surface area contributed by atoms with Crippen LogP contribution in [-0.2, 0) is 4.79 Å². The molecule has 1 atom stereocenters. The van der Waals surface area contributed by atoms with E-state index in [1.54, 1.807) is 25.1 Å². The van der Waals surface area contributed by atoms with Crippen LogP contribution < -0.4 is 10.1 Å². The van der Waals surface area contributed by atoms with E-state index in [0.29, 0.717) is 15.8 Å². The number of aryl methyl sites for hydroxylation is 2. The zero-order valence-electron chi connectivity index (χ0n) is 12.6. The Kier molecular flexibility index (Phi) is 5.33. The van der Waals surface area contributed by atoms with Crippen LogP contribution in [0.25, 0.3) is 0 Å². The summed E-state index contributed by atoms with van der Waals surface area (Å²) >= 11 is 11.9. The Hall–Kier alpha value is -1.71. The summed E-state index contributed by atoms with van der Waals surface area (Å²) in [5.74, 6) is 0.189. The maximum Gasteiger partial charge on any atom is 0.265 e. The van der Waals surface area contributed by atoms with Gasteiger partial charge < -0.3 is 10.1 Å². The number of hydrogen-bond donors (Lipinski definition) is 1. The summed E-state index contributed by atoms with van der Waals surface area (Å²) in [6, 6.07) is 10.8. The van der Waals surface area contributed by atoms with Crippen molar-refractivity contribution >= 4 is 34.8 Å². The van der Waals surface area contributed by atoms with Crippen molar-refractivity contribution in [1.29, 1.82) is 0 Å². The number of carbonyl (C=O) groups excluding carboxylic acids is 1. The standard InChI is InChI=1S/C17H17Cl2NO2/c1-10-4-5-11(2)15(8-10)20-17(21)12(3)22-16-7-6-13(18)9-14(16)19/h4-9,12H,1-3H3,(H,20,21). The molecule has 1 unspecified atom stereocenters. The van der Waals surface area contributed by atoms with Gasteiger partial charge in [0, 0.05) is 10.7 Å². The maximum absolute atomic E-state index is 12.3. The summed E-state index contributed by atoms with van der Waals surface area (Å²) in [7, 11) is 0. The lowest BCUT2D eigenvalue weighted by Crippen LogP contribution is -2.30. The molecular formula is C17H17Cl2NO2. The van der Waals surface area contributed by atoms with Crippen molar-refractivity contribution in [3.05, 3.63) is 57.6 Å². The summed E-state index contributed by atoms with van der Waals surface area (Å²) in [5, 5.41) is 3.76. The molecule has 0 aromatic heterocycles. The molecule has 0 saturated carbocycles. The Morgan fingerprint density at radius 2 is 1.86 bits per heavy atom. The minimum absolute atomic E-state index is 0.236. The fourth-order valence-electron chi connectivity index (χ4n) is 1.92. The summed E-state index contributed by atoms with van der Waals surface area (Å²) in [6.07, 6.45) is -0.682. The number of ether oxygens (including phenoxy) is 1. The van der Waals surface area contributed by atoms with Crippen LogP contribution in [0.3, 0.4) is 0 Å². The van der Waals surface area contributed by atoms with Crippen molar-refractivity contribution in [1.82, 2.24) is 0 Å². The summed E-state index contributed by atoms with van der Waals surface area (Å²) in [4.78, 5) is 12.3. The fraction of sp³-hybridized carbons (Fsp3) is 0.235. The third-order valence-electron chi connectivity index (χ3n) is 3.22. The molecule has 0 saturated heterocycles. The largest absolute Gasteiger partial charge is 0.479 e. The van der Waals surface area contributed by atoms with Crippen molar-refractivity contribution in [2.45, 2.75) is 26.9 Å². The molecule has 5 heteroatoms. The second-order valence-corrected chi connectivity index (χ2v) is 5.99. The third kappa shape index (κ3) is 4.15. The van der Waals surface area contributed by atoms with Crippen molar-refractivity contribution in [3.63, 3.8) is 0 Å². The highest BCUT2D eigenvalue weighted by Crippen LogP contribution is 2.28. The van der Waals surface area contributed by atoms with E-state index in [1.165, 1.54) is 0 Å². The second kappa shape index (κ2) is 7.03. The molecule has 0 aliphatic heterocycles. The Labute approximate surface area is 140 Å². The summed E-state index contributed by atoms with van der Waals surface area (Å²) in [5.41, 5.74) is 2.86. The van der Waals surface area contributed by atoms with Crippen LogP contribution in [0.5, 0.6) is 5.75 Å². The zero-order valence-corrected chi connectivity index (χ0v) is 14.1. The molecule has 1 amide bonds. The molecular weight excluding hydrogens is 321 g/mol. The van der Waals surface area contributed by atoms with E-state index in [0.717, 1.165) is 16.8 Å². The molecule has 0 bridgehead atoms. The van der Waals surface area contributed by atoms with Gasteiger partial charge >= 0.3 is 0 Å². The number of rotatable bonds is 4. The van der Waals surface area contributed by atoms with Crippen LogP contribution in [-0.4, -0.2) is 12.0 Å². The highest BCUT2D eigenvalue weighted by Gasteiger charge is 2.17. The van der Waals surface area contributed by atoms with E-state index < -0.39 is 6.10 Å². The molecule has 22 heavy (non-hydrogen) atoms. The van der Waals surface area contributed by atoms with Gasteiger partial charge in [-0.3, -0.25) is 4.79 Å². The first-order chi connectivity index (χ1) is 10.4. The molecule has 0 radical (unpaired) electrons. The summed E-state index contributed by atoms with van der Waals surface area (Å²) in [6.45, 7) is 5.59. The van der Waals surface area contributed by atoms with Crippen LogP contribution in [0.2, 0.25) is 10.0 Å². The van der Waals surface area contributed by atoms with Crippen LogP contribution >= 0.6 is 23.2 Å². The molecule has 116 valence electrons. The number of carbonyl (C=O) groups is 1. The van der Waals surface area contributed by atoms with E-state index in [4.69, 9.17) is 27.9 Å². The minimum atomic E-state index is -0.682. The molecule has 3 nitrogen and oxygen atoms in total. The first-order valence-corrected chi connectivity index (χ1v) is 7.62. The lowest BCUT2D eigenvalue weighted by molar-refractivity contribution is -0.122. The fourth-order valence-corrected chi connectivity index (χ4v) is 2.37. The van der Waals surface area contributed by atoms with Gasteiger partial charge in [-0.2, -0.15) is 0 Å². The van der Waals surface area contributed by atoms with Crippen molar-refractivity contribution in [2.75, 3.05) is 5.32 Å². The SMILES string of the molecule is Cc1ccc(C)c(NC(=O)C(C)Oc2ccc(Cl)cc2Cl)c1. The van der Waals surface area contributed by atoms with Gasteiger partial charge in [0.1, 0.15) is 5.75 Å². The average Bonchev–Trinajstić information content (AvgIpc) is 2.45. The van der Waals surface area contributed by atoms with Gasteiger partial charge in [0.25, 0.3) is 5.91 Å². The minimum Gasteiger partial charge on any atom is -0.479 e. The van der Waals surface area contributed by atoms with Gasteiger partial charge in [0.2, 0.25) is 0 Å².